The predicted octanol–water partition coefficient (Wildman–Crippen LogP) is 4.79. The fourth-order valence-electron chi connectivity index (χ4n) is 2.72. The van der Waals surface area contributed by atoms with Gasteiger partial charge in [0.1, 0.15) is 0 Å². The van der Waals surface area contributed by atoms with E-state index in [2.05, 4.69) is 19.2 Å². The van der Waals surface area contributed by atoms with E-state index >= 15 is 0 Å². The van der Waals surface area contributed by atoms with E-state index < -0.39 is 11.9 Å². The first-order valence-electron chi connectivity index (χ1n) is 9.95. The van der Waals surface area contributed by atoms with Crippen molar-refractivity contribution in [3.63, 3.8) is 0 Å². The lowest BCUT2D eigenvalue weighted by Crippen LogP contribution is -2.21. The second-order valence-electron chi connectivity index (χ2n) is 6.58. The lowest BCUT2D eigenvalue weighted by atomic mass is 9.99. The Morgan fingerprint density at radius 3 is 2.21 bits per heavy atom. The maximum atomic E-state index is 12.3. The van der Waals surface area contributed by atoms with Gasteiger partial charge in [0.05, 0.1) is 18.8 Å². The highest BCUT2D eigenvalue weighted by Crippen LogP contribution is 2.28. The van der Waals surface area contributed by atoms with Crippen LogP contribution in [-0.2, 0) is 9.53 Å². The molecule has 0 aliphatic carbocycles. The normalized spacial score (nSPS) is 11.4. The van der Waals surface area contributed by atoms with Gasteiger partial charge in [-0.1, -0.05) is 26.0 Å². The van der Waals surface area contributed by atoms with E-state index in [1.54, 1.807) is 18.2 Å². The summed E-state index contributed by atoms with van der Waals surface area (Å²) in [4.78, 5) is 24.4. The van der Waals surface area contributed by atoms with Gasteiger partial charge in [0.25, 0.3) is 5.91 Å². The summed E-state index contributed by atoms with van der Waals surface area (Å²) >= 11 is 0. The van der Waals surface area contributed by atoms with Crippen LogP contribution < -0.4 is 14.8 Å². The average Bonchev–Trinajstić information content (AvgIpc) is 2.73. The minimum atomic E-state index is -0.601. The standard InChI is InChI=1S/C23H29NO5/c1-5-16(4)17-8-11-19(12-9-17)24-22(25)15-29-23(26)18-10-13-20(27-6-2)21(14-18)28-7-3/h8-14,16H,5-7,15H2,1-4H3,(H,24,25)/t16-/m1/s1. The Hall–Kier alpha value is -3.02. The first-order valence-corrected chi connectivity index (χ1v) is 9.95. The van der Waals surface area contributed by atoms with Crippen LogP contribution in [0, 0.1) is 0 Å². The van der Waals surface area contributed by atoms with Crippen molar-refractivity contribution in [1.82, 2.24) is 0 Å². The molecule has 0 saturated carbocycles. The fraction of sp³-hybridized carbons (Fsp3) is 0.391. The van der Waals surface area contributed by atoms with E-state index in [0.29, 0.717) is 41.9 Å². The van der Waals surface area contributed by atoms with Gasteiger partial charge in [0.15, 0.2) is 18.1 Å². The second-order valence-corrected chi connectivity index (χ2v) is 6.58. The van der Waals surface area contributed by atoms with Crippen molar-refractivity contribution < 1.29 is 23.8 Å². The first kappa shape index (κ1) is 22.3. The summed E-state index contributed by atoms with van der Waals surface area (Å²) in [6.45, 7) is 8.57. The lowest BCUT2D eigenvalue weighted by molar-refractivity contribution is -0.119. The molecule has 0 spiro atoms. The summed E-state index contributed by atoms with van der Waals surface area (Å²) in [6, 6.07) is 12.5. The number of nitrogens with one attached hydrogen (secondary N) is 1. The van der Waals surface area contributed by atoms with Gasteiger partial charge >= 0.3 is 5.97 Å². The summed E-state index contributed by atoms with van der Waals surface area (Å²) < 4.78 is 16.1. The SMILES string of the molecule is CCOc1ccc(C(=O)OCC(=O)Nc2ccc([C@H](C)CC)cc2)cc1OCC. The third-order valence-electron chi connectivity index (χ3n) is 4.49. The number of hydrogen-bond acceptors (Lipinski definition) is 5. The summed E-state index contributed by atoms with van der Waals surface area (Å²) in [5.41, 5.74) is 2.18. The molecule has 6 nitrogen and oxygen atoms in total. The van der Waals surface area contributed by atoms with Crippen molar-refractivity contribution in [2.24, 2.45) is 0 Å². The Balaban J connectivity index is 1.92. The van der Waals surface area contributed by atoms with Crippen LogP contribution in [-0.4, -0.2) is 31.7 Å². The summed E-state index contributed by atoms with van der Waals surface area (Å²) in [6.07, 6.45) is 1.05. The molecule has 2 rings (SSSR count). The number of esters is 1. The van der Waals surface area contributed by atoms with Crippen molar-refractivity contribution in [2.45, 2.75) is 40.0 Å². The van der Waals surface area contributed by atoms with Crippen molar-refractivity contribution >= 4 is 17.6 Å². The van der Waals surface area contributed by atoms with Crippen LogP contribution in [0.3, 0.4) is 0 Å². The average molecular weight is 399 g/mol. The Morgan fingerprint density at radius 1 is 0.931 bits per heavy atom. The second kappa shape index (κ2) is 11.1. The number of hydrogen-bond donors (Lipinski definition) is 1. The third-order valence-corrected chi connectivity index (χ3v) is 4.49. The summed E-state index contributed by atoms with van der Waals surface area (Å²) in [5, 5.41) is 2.73. The van der Waals surface area contributed by atoms with Crippen LogP contribution in [0.15, 0.2) is 42.5 Å². The number of rotatable bonds is 10. The highest BCUT2D eigenvalue weighted by atomic mass is 16.5. The molecule has 156 valence electrons. The van der Waals surface area contributed by atoms with Crippen molar-refractivity contribution in [2.75, 3.05) is 25.1 Å². The molecule has 0 aromatic heterocycles. The maximum Gasteiger partial charge on any atom is 0.338 e. The number of benzene rings is 2. The maximum absolute atomic E-state index is 12.3. The molecule has 1 atom stereocenters. The van der Waals surface area contributed by atoms with Crippen LogP contribution in [0.25, 0.3) is 0 Å². The van der Waals surface area contributed by atoms with Gasteiger partial charge in [-0.2, -0.15) is 0 Å². The van der Waals surface area contributed by atoms with Crippen LogP contribution in [0.4, 0.5) is 5.69 Å². The fourth-order valence-corrected chi connectivity index (χ4v) is 2.72. The highest BCUT2D eigenvalue weighted by molar-refractivity contribution is 5.95. The quantitative estimate of drug-likeness (QED) is 0.581. The Labute approximate surface area is 172 Å². The predicted molar refractivity (Wildman–Crippen MR) is 113 cm³/mol. The smallest absolute Gasteiger partial charge is 0.338 e. The zero-order chi connectivity index (χ0) is 21.2. The molecule has 0 unspecified atom stereocenters. The molecule has 0 saturated heterocycles. The van der Waals surface area contributed by atoms with Gasteiger partial charge in [0.2, 0.25) is 0 Å². The molecular formula is C23H29NO5. The van der Waals surface area contributed by atoms with E-state index in [1.807, 2.05) is 38.1 Å². The Morgan fingerprint density at radius 2 is 1.59 bits per heavy atom. The van der Waals surface area contributed by atoms with Gasteiger partial charge in [-0.3, -0.25) is 4.79 Å². The van der Waals surface area contributed by atoms with Crippen molar-refractivity contribution in [1.29, 1.82) is 0 Å². The number of amides is 1. The zero-order valence-corrected chi connectivity index (χ0v) is 17.5. The molecule has 2 aromatic rings. The Bertz CT molecular complexity index is 817. The molecule has 0 aliphatic rings. The largest absolute Gasteiger partial charge is 0.490 e. The van der Waals surface area contributed by atoms with Crippen LogP contribution in [0.2, 0.25) is 0 Å². The van der Waals surface area contributed by atoms with Gasteiger partial charge in [-0.25, -0.2) is 4.79 Å². The van der Waals surface area contributed by atoms with E-state index in [1.165, 1.54) is 5.56 Å². The van der Waals surface area contributed by atoms with Crippen molar-refractivity contribution in [3.05, 3.63) is 53.6 Å². The first-order chi connectivity index (χ1) is 14.0. The van der Waals surface area contributed by atoms with Gasteiger partial charge < -0.3 is 19.5 Å². The highest BCUT2D eigenvalue weighted by Gasteiger charge is 2.14. The molecular weight excluding hydrogens is 370 g/mol. The monoisotopic (exact) mass is 399 g/mol. The van der Waals surface area contributed by atoms with Crippen LogP contribution in [0.5, 0.6) is 11.5 Å². The number of ether oxygens (including phenoxy) is 3. The lowest BCUT2D eigenvalue weighted by Gasteiger charge is -2.12. The summed E-state index contributed by atoms with van der Waals surface area (Å²) in [5.74, 6) is 0.498. The molecule has 2 aromatic carbocycles. The molecule has 0 aliphatic heterocycles. The number of carbonyl (C=O) groups is 2. The topological polar surface area (TPSA) is 73.9 Å². The van der Waals surface area contributed by atoms with Crippen LogP contribution in [0.1, 0.15) is 56.0 Å². The van der Waals surface area contributed by atoms with Gasteiger partial charge in [-0.05, 0) is 62.1 Å². The van der Waals surface area contributed by atoms with E-state index in [-0.39, 0.29) is 6.61 Å². The number of anilines is 1. The molecule has 0 heterocycles. The molecule has 29 heavy (non-hydrogen) atoms. The Kier molecular flexibility index (Phi) is 8.52. The minimum absolute atomic E-state index is 0.294. The van der Waals surface area contributed by atoms with Gasteiger partial charge in [0, 0.05) is 5.69 Å². The van der Waals surface area contributed by atoms with Gasteiger partial charge in [-0.15, -0.1) is 0 Å². The molecule has 1 N–H and O–H groups in total. The van der Waals surface area contributed by atoms with Crippen molar-refractivity contribution in [3.8, 4) is 11.5 Å². The van der Waals surface area contributed by atoms with E-state index in [0.717, 1.165) is 6.42 Å². The van der Waals surface area contributed by atoms with Crippen LogP contribution >= 0.6 is 0 Å². The molecule has 6 heteroatoms. The number of carbonyl (C=O) groups excluding carboxylic acids is 2. The third kappa shape index (κ3) is 6.52. The zero-order valence-electron chi connectivity index (χ0n) is 17.5. The summed E-state index contributed by atoms with van der Waals surface area (Å²) in [7, 11) is 0. The molecule has 0 radical (unpaired) electrons. The minimum Gasteiger partial charge on any atom is -0.490 e. The molecule has 0 bridgehead atoms. The molecule has 0 fully saturated rings. The van der Waals surface area contributed by atoms with E-state index in [9.17, 15) is 9.59 Å². The molecule has 1 amide bonds. The van der Waals surface area contributed by atoms with E-state index in [4.69, 9.17) is 14.2 Å².